The fourth-order valence-corrected chi connectivity index (χ4v) is 1.33. The molecule has 1 unspecified atom stereocenters. The monoisotopic (exact) mass is 279 g/mol. The van der Waals surface area contributed by atoms with Gasteiger partial charge in [-0.1, -0.05) is 0 Å². The van der Waals surface area contributed by atoms with Gasteiger partial charge in [0.1, 0.15) is 0 Å². The van der Waals surface area contributed by atoms with Gasteiger partial charge in [-0.25, -0.2) is 0 Å². The van der Waals surface area contributed by atoms with Crippen LogP contribution in [0.1, 0.15) is 11.6 Å². The summed E-state index contributed by atoms with van der Waals surface area (Å²) in [7, 11) is 0. The average Bonchev–Trinajstić information content (AvgIpc) is 2.08. The molecule has 0 saturated carbocycles. The highest BCUT2D eigenvalue weighted by Crippen LogP contribution is 2.21. The number of halogens is 1. The normalized spacial score (nSPS) is 12.9. The van der Waals surface area contributed by atoms with Gasteiger partial charge < -0.3 is 16.6 Å². The van der Waals surface area contributed by atoms with Crippen LogP contribution in [0, 0.1) is 3.57 Å². The standard InChI is InChI=1S/C7H10IN3O/c8-5-2-11-1-4(7(5)10)6(9)3-12/h1-2,6,12H,3,9H2,(H2,10,11). The van der Waals surface area contributed by atoms with E-state index in [2.05, 4.69) is 27.6 Å². The van der Waals surface area contributed by atoms with Crippen LogP contribution in [0.5, 0.6) is 0 Å². The molecule has 66 valence electrons. The van der Waals surface area contributed by atoms with Crippen LogP contribution >= 0.6 is 22.6 Å². The van der Waals surface area contributed by atoms with Gasteiger partial charge in [0.15, 0.2) is 0 Å². The van der Waals surface area contributed by atoms with Crippen LogP contribution in [-0.2, 0) is 0 Å². The summed E-state index contributed by atoms with van der Waals surface area (Å²) in [5.41, 5.74) is 12.6. The van der Waals surface area contributed by atoms with Crippen molar-refractivity contribution < 1.29 is 5.11 Å². The number of pyridine rings is 1. The van der Waals surface area contributed by atoms with Crippen molar-refractivity contribution >= 4 is 28.3 Å². The number of nitrogens with two attached hydrogens (primary N) is 2. The lowest BCUT2D eigenvalue weighted by Gasteiger charge is -2.11. The lowest BCUT2D eigenvalue weighted by atomic mass is 10.1. The fourth-order valence-electron chi connectivity index (χ4n) is 0.854. The second-order valence-electron chi connectivity index (χ2n) is 2.41. The van der Waals surface area contributed by atoms with Gasteiger partial charge in [-0.3, -0.25) is 4.98 Å². The SMILES string of the molecule is Nc1c(I)cncc1C(N)CO. The molecule has 0 aliphatic carbocycles. The third-order valence-electron chi connectivity index (χ3n) is 1.57. The van der Waals surface area contributed by atoms with Crippen molar-refractivity contribution in [1.82, 2.24) is 4.98 Å². The van der Waals surface area contributed by atoms with Gasteiger partial charge in [0, 0.05) is 18.0 Å². The molecule has 1 atom stereocenters. The molecular formula is C7H10IN3O. The van der Waals surface area contributed by atoms with Crippen LogP contribution in [0.3, 0.4) is 0 Å². The lowest BCUT2D eigenvalue weighted by molar-refractivity contribution is 0.268. The predicted molar refractivity (Wildman–Crippen MR) is 55.4 cm³/mol. The van der Waals surface area contributed by atoms with E-state index in [0.29, 0.717) is 11.3 Å². The minimum Gasteiger partial charge on any atom is -0.398 e. The Hall–Kier alpha value is -0.400. The van der Waals surface area contributed by atoms with Crippen molar-refractivity contribution in [2.45, 2.75) is 6.04 Å². The van der Waals surface area contributed by atoms with E-state index in [9.17, 15) is 0 Å². The number of aliphatic hydroxyl groups is 1. The lowest BCUT2D eigenvalue weighted by Crippen LogP contribution is -2.17. The van der Waals surface area contributed by atoms with Gasteiger partial charge in [0.2, 0.25) is 0 Å². The summed E-state index contributed by atoms with van der Waals surface area (Å²) in [5, 5.41) is 8.79. The summed E-state index contributed by atoms with van der Waals surface area (Å²) in [5.74, 6) is 0. The quantitative estimate of drug-likeness (QED) is 0.678. The van der Waals surface area contributed by atoms with Crippen molar-refractivity contribution in [3.8, 4) is 0 Å². The number of rotatable bonds is 2. The van der Waals surface area contributed by atoms with Crippen LogP contribution < -0.4 is 11.5 Å². The number of nitrogen functional groups attached to an aromatic ring is 1. The Morgan fingerprint density at radius 2 is 2.25 bits per heavy atom. The molecule has 5 N–H and O–H groups in total. The van der Waals surface area contributed by atoms with Crippen LogP contribution in [0.4, 0.5) is 5.69 Å². The van der Waals surface area contributed by atoms with Crippen molar-refractivity contribution in [3.05, 3.63) is 21.5 Å². The summed E-state index contributed by atoms with van der Waals surface area (Å²) in [4.78, 5) is 3.94. The Kier molecular flexibility index (Phi) is 3.24. The van der Waals surface area contributed by atoms with Gasteiger partial charge in [-0.05, 0) is 22.6 Å². The van der Waals surface area contributed by atoms with E-state index in [1.165, 1.54) is 0 Å². The molecule has 0 spiro atoms. The number of hydrogen-bond acceptors (Lipinski definition) is 4. The maximum atomic E-state index is 8.79. The number of hydrogen-bond donors (Lipinski definition) is 3. The van der Waals surface area contributed by atoms with E-state index in [0.717, 1.165) is 3.57 Å². The van der Waals surface area contributed by atoms with E-state index in [1.54, 1.807) is 12.4 Å². The van der Waals surface area contributed by atoms with Crippen LogP contribution in [0.2, 0.25) is 0 Å². The van der Waals surface area contributed by atoms with Gasteiger partial charge in [0.25, 0.3) is 0 Å². The summed E-state index contributed by atoms with van der Waals surface area (Å²) >= 11 is 2.07. The van der Waals surface area contributed by atoms with Gasteiger partial charge in [-0.15, -0.1) is 0 Å². The second kappa shape index (κ2) is 4.01. The third-order valence-corrected chi connectivity index (χ3v) is 2.43. The molecule has 0 saturated heterocycles. The first-order valence-electron chi connectivity index (χ1n) is 3.42. The van der Waals surface area contributed by atoms with Crippen molar-refractivity contribution in [1.29, 1.82) is 0 Å². The highest BCUT2D eigenvalue weighted by Gasteiger charge is 2.10. The summed E-state index contributed by atoms with van der Waals surface area (Å²) in [6.07, 6.45) is 3.24. The molecule has 0 aliphatic heterocycles. The molecule has 0 aliphatic rings. The van der Waals surface area contributed by atoms with Gasteiger partial charge in [0.05, 0.1) is 21.9 Å². The average molecular weight is 279 g/mol. The summed E-state index contributed by atoms with van der Waals surface area (Å²) in [6, 6.07) is -0.438. The molecule has 1 aromatic heterocycles. The molecule has 1 rings (SSSR count). The highest BCUT2D eigenvalue weighted by molar-refractivity contribution is 14.1. The predicted octanol–water partition coefficient (Wildman–Crippen LogP) is 0.261. The largest absolute Gasteiger partial charge is 0.398 e. The molecular weight excluding hydrogens is 269 g/mol. The van der Waals surface area contributed by atoms with Crippen molar-refractivity contribution in [2.75, 3.05) is 12.3 Å². The molecule has 12 heavy (non-hydrogen) atoms. The Labute approximate surface area is 84.1 Å². The van der Waals surface area contributed by atoms with Crippen molar-refractivity contribution in [2.24, 2.45) is 5.73 Å². The Bertz CT molecular complexity index is 279. The van der Waals surface area contributed by atoms with Gasteiger partial charge in [-0.2, -0.15) is 0 Å². The minimum absolute atomic E-state index is 0.119. The molecule has 1 aromatic rings. The maximum Gasteiger partial charge on any atom is 0.0625 e. The van der Waals surface area contributed by atoms with E-state index >= 15 is 0 Å². The number of aliphatic hydroxyl groups excluding tert-OH is 1. The third kappa shape index (κ3) is 1.85. The fraction of sp³-hybridized carbons (Fsp3) is 0.286. The first-order chi connectivity index (χ1) is 5.66. The van der Waals surface area contributed by atoms with E-state index in [1.807, 2.05) is 0 Å². The molecule has 0 fully saturated rings. The van der Waals surface area contributed by atoms with Crippen molar-refractivity contribution in [3.63, 3.8) is 0 Å². The zero-order chi connectivity index (χ0) is 9.14. The molecule has 0 bridgehead atoms. The molecule has 0 amide bonds. The Morgan fingerprint density at radius 3 is 2.83 bits per heavy atom. The van der Waals surface area contributed by atoms with E-state index in [-0.39, 0.29) is 6.61 Å². The van der Waals surface area contributed by atoms with E-state index in [4.69, 9.17) is 16.6 Å². The number of aromatic nitrogens is 1. The summed E-state index contributed by atoms with van der Waals surface area (Å²) < 4.78 is 0.856. The van der Waals surface area contributed by atoms with Crippen LogP contribution in [0.15, 0.2) is 12.4 Å². The Balaban J connectivity index is 3.07. The number of anilines is 1. The topological polar surface area (TPSA) is 85.2 Å². The van der Waals surface area contributed by atoms with Gasteiger partial charge >= 0.3 is 0 Å². The molecule has 0 aromatic carbocycles. The maximum absolute atomic E-state index is 8.79. The molecule has 4 nitrogen and oxygen atoms in total. The first-order valence-corrected chi connectivity index (χ1v) is 4.50. The second-order valence-corrected chi connectivity index (χ2v) is 3.58. The zero-order valence-electron chi connectivity index (χ0n) is 6.37. The van der Waals surface area contributed by atoms with E-state index < -0.39 is 6.04 Å². The molecule has 1 heterocycles. The number of nitrogens with zero attached hydrogens (tertiary/aromatic N) is 1. The summed E-state index contributed by atoms with van der Waals surface area (Å²) in [6.45, 7) is -0.119. The highest BCUT2D eigenvalue weighted by atomic mass is 127. The zero-order valence-corrected chi connectivity index (χ0v) is 8.52. The van der Waals surface area contributed by atoms with Crippen LogP contribution in [-0.4, -0.2) is 16.7 Å². The molecule has 0 radical (unpaired) electrons. The Morgan fingerprint density at radius 1 is 1.58 bits per heavy atom. The minimum atomic E-state index is -0.438. The van der Waals surface area contributed by atoms with Crippen LogP contribution in [0.25, 0.3) is 0 Å². The smallest absolute Gasteiger partial charge is 0.0625 e. The molecule has 5 heteroatoms. The first kappa shape index (κ1) is 9.69.